The molecule has 0 radical (unpaired) electrons. The molecule has 2 rings (SSSR count). The Morgan fingerprint density at radius 2 is 2.23 bits per heavy atom. The Balaban J connectivity index is 2.16. The highest BCUT2D eigenvalue weighted by molar-refractivity contribution is 5.64. The van der Waals surface area contributed by atoms with E-state index in [4.69, 9.17) is 5.11 Å². The molecule has 1 aliphatic rings. The van der Waals surface area contributed by atoms with Gasteiger partial charge in [-0.1, -0.05) is 18.2 Å². The lowest BCUT2D eigenvalue weighted by molar-refractivity contribution is -0.0447. The highest BCUT2D eigenvalue weighted by Crippen LogP contribution is 2.38. The molecular formula is C16H23FN2O3. The van der Waals surface area contributed by atoms with E-state index >= 15 is 0 Å². The average Bonchev–Trinajstić information content (AvgIpc) is 2.52. The van der Waals surface area contributed by atoms with Crippen LogP contribution in [0, 0.1) is 11.7 Å². The molecule has 1 fully saturated rings. The largest absolute Gasteiger partial charge is 0.465 e. The average molecular weight is 310 g/mol. The lowest BCUT2D eigenvalue weighted by atomic mass is 9.74. The number of rotatable bonds is 6. The van der Waals surface area contributed by atoms with E-state index in [1.165, 1.54) is 6.07 Å². The fourth-order valence-electron chi connectivity index (χ4n) is 3.18. The second kappa shape index (κ2) is 7.56. The minimum Gasteiger partial charge on any atom is -0.465 e. The van der Waals surface area contributed by atoms with Gasteiger partial charge in [-0.15, -0.1) is 0 Å². The topological polar surface area (TPSA) is 81.6 Å². The van der Waals surface area contributed by atoms with E-state index in [9.17, 15) is 14.3 Å². The molecule has 0 unspecified atom stereocenters. The Bertz CT molecular complexity index is 506. The van der Waals surface area contributed by atoms with E-state index < -0.39 is 17.5 Å². The van der Waals surface area contributed by atoms with Crippen LogP contribution in [0.2, 0.25) is 0 Å². The molecule has 0 aliphatic carbocycles. The number of carboxylic acid groups (broad SMARTS) is 1. The quantitative estimate of drug-likeness (QED) is 0.606. The van der Waals surface area contributed by atoms with Crippen molar-refractivity contribution in [2.24, 2.45) is 5.92 Å². The Morgan fingerprint density at radius 1 is 1.45 bits per heavy atom. The molecule has 6 heteroatoms. The third-order valence-corrected chi connectivity index (χ3v) is 4.32. The number of amides is 1. The minimum absolute atomic E-state index is 0.0806. The molecule has 1 saturated heterocycles. The molecule has 1 aliphatic heterocycles. The number of piperidine rings is 1. The third kappa shape index (κ3) is 3.96. The second-order valence-corrected chi connectivity index (χ2v) is 5.78. The van der Waals surface area contributed by atoms with Gasteiger partial charge in [0, 0.05) is 24.6 Å². The van der Waals surface area contributed by atoms with Crippen LogP contribution in [0.3, 0.4) is 0 Å². The lowest BCUT2D eigenvalue weighted by Crippen LogP contribution is -2.45. The maximum absolute atomic E-state index is 14.2. The molecule has 122 valence electrons. The van der Waals surface area contributed by atoms with Crippen LogP contribution in [0.15, 0.2) is 24.3 Å². The Hall–Kier alpha value is -1.66. The number of hydrogen-bond acceptors (Lipinski definition) is 3. The van der Waals surface area contributed by atoms with Gasteiger partial charge < -0.3 is 20.8 Å². The van der Waals surface area contributed by atoms with Crippen molar-refractivity contribution >= 4 is 6.09 Å². The van der Waals surface area contributed by atoms with E-state index in [-0.39, 0.29) is 12.5 Å². The molecule has 2 atom stereocenters. The molecule has 0 spiro atoms. The summed E-state index contributed by atoms with van der Waals surface area (Å²) in [5, 5.41) is 25.3. The molecule has 1 heterocycles. The van der Waals surface area contributed by atoms with Crippen molar-refractivity contribution in [1.29, 1.82) is 0 Å². The van der Waals surface area contributed by atoms with Gasteiger partial charge in [-0.2, -0.15) is 0 Å². The van der Waals surface area contributed by atoms with E-state index in [0.717, 1.165) is 19.4 Å². The number of halogens is 1. The number of benzene rings is 1. The standard InChI is InChI=1S/C16H23FN2O3/c17-14-7-2-1-6-13(14)16(22,8-4-10-19-15(20)21)12-5-3-9-18-11-12/h1-2,6-7,12,18-19,22H,3-5,8-11H2,(H,20,21)/t12-,16+/m1/s1. The maximum atomic E-state index is 14.2. The van der Waals surface area contributed by atoms with Crippen LogP contribution in [0.25, 0.3) is 0 Å². The highest BCUT2D eigenvalue weighted by atomic mass is 19.1. The number of aliphatic hydroxyl groups is 1. The van der Waals surface area contributed by atoms with Gasteiger partial charge in [0.05, 0.1) is 5.60 Å². The van der Waals surface area contributed by atoms with Gasteiger partial charge in [-0.25, -0.2) is 9.18 Å². The van der Waals surface area contributed by atoms with Crippen molar-refractivity contribution < 1.29 is 19.4 Å². The van der Waals surface area contributed by atoms with Crippen LogP contribution in [0.5, 0.6) is 0 Å². The smallest absolute Gasteiger partial charge is 0.404 e. The molecule has 22 heavy (non-hydrogen) atoms. The van der Waals surface area contributed by atoms with Crippen LogP contribution in [-0.4, -0.2) is 35.9 Å². The summed E-state index contributed by atoms with van der Waals surface area (Å²) in [7, 11) is 0. The monoisotopic (exact) mass is 310 g/mol. The third-order valence-electron chi connectivity index (χ3n) is 4.32. The van der Waals surface area contributed by atoms with Crippen molar-refractivity contribution in [1.82, 2.24) is 10.6 Å². The number of carbonyl (C=O) groups is 1. The number of nitrogens with one attached hydrogen (secondary N) is 2. The molecule has 1 aromatic carbocycles. The summed E-state index contributed by atoms with van der Waals surface area (Å²) < 4.78 is 14.2. The summed E-state index contributed by atoms with van der Waals surface area (Å²) in [4.78, 5) is 10.5. The van der Waals surface area contributed by atoms with Gasteiger partial charge in [-0.3, -0.25) is 0 Å². The fourth-order valence-corrected chi connectivity index (χ4v) is 3.18. The molecule has 1 amide bonds. The summed E-state index contributed by atoms with van der Waals surface area (Å²) in [5.41, 5.74) is -0.974. The highest BCUT2D eigenvalue weighted by Gasteiger charge is 2.40. The van der Waals surface area contributed by atoms with E-state index in [1.54, 1.807) is 18.2 Å². The summed E-state index contributed by atoms with van der Waals surface area (Å²) in [5.74, 6) is -0.496. The molecule has 0 saturated carbocycles. The first kappa shape index (κ1) is 16.7. The summed E-state index contributed by atoms with van der Waals surface area (Å²) in [6.07, 6.45) is 1.45. The van der Waals surface area contributed by atoms with Crippen molar-refractivity contribution in [2.75, 3.05) is 19.6 Å². The Kier molecular flexibility index (Phi) is 5.74. The summed E-state index contributed by atoms with van der Waals surface area (Å²) in [6.45, 7) is 1.79. The Labute approximate surface area is 129 Å². The van der Waals surface area contributed by atoms with Crippen LogP contribution < -0.4 is 10.6 Å². The van der Waals surface area contributed by atoms with E-state index in [2.05, 4.69) is 10.6 Å². The molecule has 4 N–H and O–H groups in total. The first-order valence-corrected chi connectivity index (χ1v) is 7.69. The molecule has 0 bridgehead atoms. The van der Waals surface area contributed by atoms with Crippen LogP contribution >= 0.6 is 0 Å². The van der Waals surface area contributed by atoms with Crippen LogP contribution in [0.1, 0.15) is 31.2 Å². The minimum atomic E-state index is -1.28. The van der Waals surface area contributed by atoms with Crippen molar-refractivity contribution in [3.05, 3.63) is 35.6 Å². The van der Waals surface area contributed by atoms with E-state index in [1.807, 2.05) is 0 Å². The fraction of sp³-hybridized carbons (Fsp3) is 0.562. The molecule has 0 aromatic heterocycles. The van der Waals surface area contributed by atoms with Gasteiger partial charge in [0.1, 0.15) is 5.82 Å². The van der Waals surface area contributed by atoms with Crippen molar-refractivity contribution in [3.8, 4) is 0 Å². The van der Waals surface area contributed by atoms with Crippen molar-refractivity contribution in [2.45, 2.75) is 31.3 Å². The molecular weight excluding hydrogens is 287 g/mol. The predicted octanol–water partition coefficient (Wildman–Crippen LogP) is 2.06. The second-order valence-electron chi connectivity index (χ2n) is 5.78. The molecule has 5 nitrogen and oxygen atoms in total. The predicted molar refractivity (Wildman–Crippen MR) is 81.2 cm³/mol. The normalized spacial score (nSPS) is 21.1. The maximum Gasteiger partial charge on any atom is 0.404 e. The van der Waals surface area contributed by atoms with Crippen LogP contribution in [0.4, 0.5) is 9.18 Å². The summed E-state index contributed by atoms with van der Waals surface area (Å²) >= 11 is 0. The van der Waals surface area contributed by atoms with Gasteiger partial charge >= 0.3 is 6.09 Å². The zero-order chi connectivity index (χ0) is 16.0. The van der Waals surface area contributed by atoms with Crippen LogP contribution in [-0.2, 0) is 5.60 Å². The Morgan fingerprint density at radius 3 is 2.86 bits per heavy atom. The lowest BCUT2D eigenvalue weighted by Gasteiger charge is -2.39. The zero-order valence-electron chi connectivity index (χ0n) is 12.5. The summed E-state index contributed by atoms with van der Waals surface area (Å²) in [6, 6.07) is 6.29. The van der Waals surface area contributed by atoms with Gasteiger partial charge in [0.15, 0.2) is 0 Å². The van der Waals surface area contributed by atoms with E-state index in [0.29, 0.717) is 24.9 Å². The van der Waals surface area contributed by atoms with Gasteiger partial charge in [-0.05, 0) is 38.3 Å². The number of hydrogen-bond donors (Lipinski definition) is 4. The van der Waals surface area contributed by atoms with Gasteiger partial charge in [0.25, 0.3) is 0 Å². The SMILES string of the molecule is O=C(O)NCCC[C@@](O)(c1ccccc1F)[C@@H]1CCCNC1. The first-order chi connectivity index (χ1) is 10.5. The first-order valence-electron chi connectivity index (χ1n) is 7.69. The molecule has 1 aromatic rings. The zero-order valence-corrected chi connectivity index (χ0v) is 12.5. The van der Waals surface area contributed by atoms with Crippen molar-refractivity contribution in [3.63, 3.8) is 0 Å². The van der Waals surface area contributed by atoms with Gasteiger partial charge in [0.2, 0.25) is 0 Å².